The topological polar surface area (TPSA) is 80.9 Å². The number of rotatable bonds is 2. The van der Waals surface area contributed by atoms with Gasteiger partial charge in [-0.15, -0.1) is 0 Å². The first-order chi connectivity index (χ1) is 8.97. The van der Waals surface area contributed by atoms with E-state index in [4.69, 9.17) is 5.73 Å². The van der Waals surface area contributed by atoms with Gasteiger partial charge in [0.2, 0.25) is 0 Å². The Bertz CT molecular complexity index is 651. The van der Waals surface area contributed by atoms with Crippen molar-refractivity contribution in [2.75, 3.05) is 11.1 Å². The van der Waals surface area contributed by atoms with Crippen molar-refractivity contribution in [2.24, 2.45) is 0 Å². The first-order valence-corrected chi connectivity index (χ1v) is 5.80. The molecule has 0 aliphatic heterocycles. The van der Waals surface area contributed by atoms with Crippen molar-refractivity contribution in [1.82, 2.24) is 9.97 Å². The Hall–Kier alpha value is -2.09. The third-order valence-electron chi connectivity index (χ3n) is 2.14. The lowest BCUT2D eigenvalue weighted by atomic mass is 10.3. The van der Waals surface area contributed by atoms with E-state index in [0.29, 0.717) is 6.07 Å². The molecule has 0 aliphatic carbocycles. The van der Waals surface area contributed by atoms with Crippen LogP contribution in [0.2, 0.25) is 0 Å². The zero-order valence-electron chi connectivity index (χ0n) is 9.32. The van der Waals surface area contributed by atoms with E-state index in [2.05, 4.69) is 31.2 Å². The van der Waals surface area contributed by atoms with E-state index in [-0.39, 0.29) is 21.7 Å². The summed E-state index contributed by atoms with van der Waals surface area (Å²) in [5.41, 5.74) is 5.13. The van der Waals surface area contributed by atoms with Gasteiger partial charge in [0.05, 0.1) is 22.6 Å². The molecular weight excluding hydrogens is 322 g/mol. The molecule has 3 N–H and O–H groups in total. The summed E-state index contributed by atoms with van der Waals surface area (Å²) in [4.78, 5) is 19.2. The molecule has 2 aromatic rings. The van der Waals surface area contributed by atoms with Crippen LogP contribution in [0.15, 0.2) is 29.0 Å². The predicted molar refractivity (Wildman–Crippen MR) is 68.5 cm³/mol. The quantitative estimate of drug-likeness (QED) is 0.829. The lowest BCUT2D eigenvalue weighted by Crippen LogP contribution is -2.15. The van der Waals surface area contributed by atoms with E-state index in [9.17, 15) is 13.6 Å². The molecule has 2 rings (SSSR count). The second kappa shape index (κ2) is 5.27. The highest BCUT2D eigenvalue weighted by Crippen LogP contribution is 2.23. The van der Waals surface area contributed by atoms with Gasteiger partial charge in [-0.25, -0.2) is 13.8 Å². The van der Waals surface area contributed by atoms with Crippen molar-refractivity contribution < 1.29 is 13.6 Å². The fourth-order valence-electron chi connectivity index (χ4n) is 1.30. The molecule has 1 amide bonds. The smallest absolute Gasteiger partial charge is 0.276 e. The molecule has 0 saturated carbocycles. The fourth-order valence-corrected chi connectivity index (χ4v) is 1.64. The minimum Gasteiger partial charge on any atom is -0.382 e. The molecule has 1 aromatic heterocycles. The molecule has 0 aliphatic rings. The molecule has 0 atom stereocenters. The van der Waals surface area contributed by atoms with Gasteiger partial charge >= 0.3 is 0 Å². The van der Waals surface area contributed by atoms with Crippen LogP contribution in [0, 0.1) is 11.6 Å². The van der Waals surface area contributed by atoms with Gasteiger partial charge < -0.3 is 11.1 Å². The predicted octanol–water partition coefficient (Wildman–Crippen LogP) is 2.35. The Kier molecular flexibility index (Phi) is 3.70. The number of hydrogen-bond donors (Lipinski definition) is 2. The van der Waals surface area contributed by atoms with Crippen molar-refractivity contribution in [3.8, 4) is 0 Å². The number of benzene rings is 1. The van der Waals surface area contributed by atoms with Gasteiger partial charge in [0, 0.05) is 6.07 Å². The van der Waals surface area contributed by atoms with E-state index in [1.807, 2.05) is 0 Å². The Labute approximate surface area is 115 Å². The third-order valence-corrected chi connectivity index (χ3v) is 2.75. The maximum Gasteiger partial charge on any atom is 0.276 e. The fraction of sp³-hybridized carbons (Fsp3) is 0. The highest BCUT2D eigenvalue weighted by molar-refractivity contribution is 9.10. The minimum absolute atomic E-state index is 0.0304. The Morgan fingerprint density at radius 1 is 1.26 bits per heavy atom. The molecule has 0 unspecified atom stereocenters. The first-order valence-electron chi connectivity index (χ1n) is 5.01. The maximum absolute atomic E-state index is 13.4. The second-order valence-corrected chi connectivity index (χ2v) is 4.38. The van der Waals surface area contributed by atoms with Crippen LogP contribution < -0.4 is 11.1 Å². The minimum atomic E-state index is -0.897. The van der Waals surface area contributed by atoms with E-state index < -0.39 is 17.5 Å². The molecule has 5 nitrogen and oxygen atoms in total. The average Bonchev–Trinajstić information content (AvgIpc) is 2.36. The van der Waals surface area contributed by atoms with Gasteiger partial charge in [-0.05, 0) is 22.0 Å². The molecule has 1 aromatic carbocycles. The van der Waals surface area contributed by atoms with Gasteiger partial charge in [-0.2, -0.15) is 0 Å². The van der Waals surface area contributed by atoms with Crippen LogP contribution in [0.4, 0.5) is 20.3 Å². The largest absolute Gasteiger partial charge is 0.382 e. The van der Waals surface area contributed by atoms with Crippen LogP contribution in [0.3, 0.4) is 0 Å². The molecule has 0 radical (unpaired) electrons. The number of carbonyl (C=O) groups excluding carboxylic acids is 1. The van der Waals surface area contributed by atoms with Crippen LogP contribution in [-0.4, -0.2) is 15.9 Å². The number of carbonyl (C=O) groups is 1. The molecule has 0 spiro atoms. The molecular formula is C11H7BrF2N4O. The molecule has 8 heteroatoms. The lowest BCUT2D eigenvalue weighted by molar-refractivity contribution is 0.102. The van der Waals surface area contributed by atoms with E-state index in [0.717, 1.165) is 6.07 Å². The number of anilines is 2. The maximum atomic E-state index is 13.4. The van der Waals surface area contributed by atoms with Crippen molar-refractivity contribution >= 4 is 33.3 Å². The van der Waals surface area contributed by atoms with Crippen LogP contribution in [0.25, 0.3) is 0 Å². The zero-order chi connectivity index (χ0) is 14.0. The van der Waals surface area contributed by atoms with E-state index >= 15 is 0 Å². The van der Waals surface area contributed by atoms with Crippen LogP contribution >= 0.6 is 15.9 Å². The van der Waals surface area contributed by atoms with Gasteiger partial charge in [0.15, 0.2) is 0 Å². The van der Waals surface area contributed by atoms with Crippen LogP contribution in [-0.2, 0) is 0 Å². The number of nitrogens with one attached hydrogen (secondary N) is 1. The van der Waals surface area contributed by atoms with Gasteiger partial charge in [-0.1, -0.05) is 0 Å². The average molecular weight is 329 g/mol. The zero-order valence-corrected chi connectivity index (χ0v) is 10.9. The van der Waals surface area contributed by atoms with Crippen molar-refractivity contribution in [2.45, 2.75) is 0 Å². The van der Waals surface area contributed by atoms with Gasteiger partial charge in [-0.3, -0.25) is 9.78 Å². The molecule has 1 heterocycles. The lowest BCUT2D eigenvalue weighted by Gasteiger charge is -2.07. The van der Waals surface area contributed by atoms with Crippen LogP contribution in [0.1, 0.15) is 10.5 Å². The van der Waals surface area contributed by atoms with Crippen molar-refractivity contribution in [3.05, 3.63) is 46.3 Å². The van der Waals surface area contributed by atoms with E-state index in [1.54, 1.807) is 0 Å². The summed E-state index contributed by atoms with van der Waals surface area (Å²) in [6.45, 7) is 0. The van der Waals surface area contributed by atoms with Gasteiger partial charge in [0.1, 0.15) is 23.1 Å². The Morgan fingerprint density at radius 3 is 2.68 bits per heavy atom. The van der Waals surface area contributed by atoms with Crippen molar-refractivity contribution in [1.29, 1.82) is 0 Å². The van der Waals surface area contributed by atoms with Crippen molar-refractivity contribution in [3.63, 3.8) is 0 Å². The number of amides is 1. The number of nitrogens with zero attached hydrogens (tertiary/aromatic N) is 2. The standard InChI is InChI=1S/C11H7BrF2N4O/c12-5-1-8(7(14)2-6(5)13)18-11(19)9-3-16-4-10(15)17-9/h1-4H,(H2,15,17)(H,18,19). The highest BCUT2D eigenvalue weighted by atomic mass is 79.9. The molecule has 98 valence electrons. The molecule has 0 saturated heterocycles. The Balaban J connectivity index is 2.27. The normalized spacial score (nSPS) is 10.3. The third kappa shape index (κ3) is 3.02. The van der Waals surface area contributed by atoms with E-state index in [1.165, 1.54) is 12.4 Å². The number of nitrogens with two attached hydrogens (primary N) is 1. The molecule has 0 bridgehead atoms. The summed E-state index contributed by atoms with van der Waals surface area (Å²) in [5, 5.41) is 2.25. The number of hydrogen-bond acceptors (Lipinski definition) is 4. The number of halogens is 3. The second-order valence-electron chi connectivity index (χ2n) is 3.53. The summed E-state index contributed by atoms with van der Waals surface area (Å²) in [5.74, 6) is -2.30. The summed E-state index contributed by atoms with van der Waals surface area (Å²) >= 11 is 2.90. The van der Waals surface area contributed by atoms with Crippen LogP contribution in [0.5, 0.6) is 0 Å². The van der Waals surface area contributed by atoms with Gasteiger partial charge in [0.25, 0.3) is 5.91 Å². The summed E-state index contributed by atoms with van der Waals surface area (Å²) in [6, 6.07) is 1.77. The SMILES string of the molecule is Nc1cncc(C(=O)Nc2cc(Br)c(F)cc2F)n1. The summed E-state index contributed by atoms with van der Waals surface area (Å²) in [6.07, 6.45) is 2.45. The number of nitrogen functional groups attached to an aromatic ring is 1. The first kappa shape index (κ1) is 13.3. The monoisotopic (exact) mass is 328 g/mol. The Morgan fingerprint density at radius 2 is 2.00 bits per heavy atom. The molecule has 19 heavy (non-hydrogen) atoms. The summed E-state index contributed by atoms with van der Waals surface area (Å²) < 4.78 is 26.5. The highest BCUT2D eigenvalue weighted by Gasteiger charge is 2.13. The molecule has 0 fully saturated rings. The number of aromatic nitrogens is 2. The summed E-state index contributed by atoms with van der Waals surface area (Å²) in [7, 11) is 0.